The zero-order valence-electron chi connectivity index (χ0n) is 39.4. The number of benzene rings is 4. The maximum absolute atomic E-state index is 16.9. The van der Waals surface area contributed by atoms with Gasteiger partial charge in [-0.2, -0.15) is 0 Å². The molecule has 0 fully saturated rings. The van der Waals surface area contributed by atoms with Gasteiger partial charge in [-0.05, 0) is 102 Å². The molecule has 3 aliphatic rings. The van der Waals surface area contributed by atoms with E-state index in [1.807, 2.05) is 12.1 Å². The van der Waals surface area contributed by atoms with Crippen LogP contribution in [0.5, 0.6) is 17.2 Å². The van der Waals surface area contributed by atoms with Crippen molar-refractivity contribution < 1.29 is 47.3 Å². The Hall–Kier alpha value is -8.55. The Labute approximate surface area is 433 Å². The summed E-state index contributed by atoms with van der Waals surface area (Å²) in [6.45, 7) is 0.126. The zero-order chi connectivity index (χ0) is 52.3. The minimum absolute atomic E-state index is 0.0193. The third kappa shape index (κ3) is 10.4. The number of imide groups is 1. The predicted molar refractivity (Wildman–Crippen MR) is 287 cm³/mol. The van der Waals surface area contributed by atoms with E-state index < -0.39 is 40.4 Å². The number of carbonyl (C=O) groups is 3. The number of amides is 3. The Morgan fingerprint density at radius 2 is 1.01 bits per heavy atom. The number of fused-ring (bicyclic) bond motifs is 8. The Balaban J connectivity index is 1.04. The van der Waals surface area contributed by atoms with E-state index in [4.69, 9.17) is 9.97 Å². The summed E-state index contributed by atoms with van der Waals surface area (Å²) in [5.74, 6) is -7.32. The molecule has 3 aromatic heterocycles. The zero-order valence-corrected chi connectivity index (χ0v) is 41.0. The van der Waals surface area contributed by atoms with Crippen LogP contribution in [-0.4, -0.2) is 89.0 Å². The molecule has 7 N–H and O–H groups in total. The molecule has 10 rings (SSSR count). The molecular weight excluding hydrogens is 1010 g/mol. The topological polar surface area (TPSA) is 197 Å². The SMILES string of the molecule is O=C(CCN1C(=O)C=CCC1=O)NCCSSCCNc1c(F)c(F)c(-c2c3nc(c(-c4cccc(O)c4)c4ccc([nH]4)c(-c4cccc(O)c4)c4nc(c(-c5cccc(O)c5)c5ccc2[nH]5)C=C4)C=C3)c(F)c1F. The molecule has 75 heavy (non-hydrogen) atoms. The van der Waals surface area contributed by atoms with E-state index >= 15 is 17.6 Å². The van der Waals surface area contributed by atoms with Crippen LogP contribution in [0.25, 0.3) is 90.9 Å². The summed E-state index contributed by atoms with van der Waals surface area (Å²) in [5, 5.41) is 37.3. The molecule has 0 saturated carbocycles. The van der Waals surface area contributed by atoms with Gasteiger partial charge in [-0.15, -0.1) is 0 Å². The Bertz CT molecular complexity index is 3670. The Morgan fingerprint density at radius 3 is 1.47 bits per heavy atom. The highest BCUT2D eigenvalue weighted by atomic mass is 33.1. The quantitative estimate of drug-likeness (QED) is 0.0170. The molecule has 0 radical (unpaired) electrons. The van der Waals surface area contributed by atoms with Gasteiger partial charge in [-0.3, -0.25) is 19.3 Å². The van der Waals surface area contributed by atoms with Crippen LogP contribution < -0.4 is 10.6 Å². The molecule has 0 unspecified atom stereocenters. The normalized spacial score (nSPS) is 13.0. The van der Waals surface area contributed by atoms with Crippen LogP contribution in [-0.2, 0) is 14.4 Å². The van der Waals surface area contributed by atoms with Gasteiger partial charge < -0.3 is 35.9 Å². The van der Waals surface area contributed by atoms with E-state index in [2.05, 4.69) is 20.6 Å². The molecule has 0 aliphatic carbocycles. The molecule has 3 amide bonds. The monoisotopic (exact) mass is 1050 g/mol. The largest absolute Gasteiger partial charge is 0.508 e. The van der Waals surface area contributed by atoms with Crippen LogP contribution in [0, 0.1) is 23.3 Å². The fourth-order valence-electron chi connectivity index (χ4n) is 9.06. The van der Waals surface area contributed by atoms with Gasteiger partial charge in [0.2, 0.25) is 11.8 Å². The van der Waals surface area contributed by atoms with Gasteiger partial charge in [0.05, 0.1) is 28.3 Å². The van der Waals surface area contributed by atoms with Gasteiger partial charge in [-0.25, -0.2) is 27.5 Å². The molecule has 3 aliphatic heterocycles. The molecule has 378 valence electrons. The third-order valence-electron chi connectivity index (χ3n) is 12.4. The van der Waals surface area contributed by atoms with Crippen molar-refractivity contribution in [2.24, 2.45) is 0 Å². The lowest BCUT2D eigenvalue weighted by Crippen LogP contribution is -2.40. The number of aromatic amines is 2. The molecule has 6 heterocycles. The van der Waals surface area contributed by atoms with E-state index in [-0.39, 0.29) is 89.8 Å². The van der Waals surface area contributed by atoms with Gasteiger partial charge in [0.1, 0.15) is 22.9 Å². The Morgan fingerprint density at radius 1 is 0.573 bits per heavy atom. The summed E-state index contributed by atoms with van der Waals surface area (Å²) in [4.78, 5) is 53.9. The van der Waals surface area contributed by atoms with E-state index in [1.165, 1.54) is 70.1 Å². The second-order valence-electron chi connectivity index (χ2n) is 17.3. The van der Waals surface area contributed by atoms with Gasteiger partial charge in [-0.1, -0.05) is 64.1 Å². The first-order chi connectivity index (χ1) is 36.3. The van der Waals surface area contributed by atoms with Gasteiger partial charge in [0.15, 0.2) is 23.3 Å². The number of anilines is 1. The van der Waals surface area contributed by atoms with Crippen LogP contribution in [0.15, 0.2) is 109 Å². The third-order valence-corrected chi connectivity index (χ3v) is 14.8. The van der Waals surface area contributed by atoms with E-state index in [0.717, 1.165) is 4.90 Å². The number of phenols is 3. The van der Waals surface area contributed by atoms with Crippen LogP contribution in [0.1, 0.15) is 35.6 Å². The average molecular weight is 1050 g/mol. The van der Waals surface area contributed by atoms with Crippen molar-refractivity contribution in [2.75, 3.05) is 36.5 Å². The molecule has 0 spiro atoms. The lowest BCUT2D eigenvalue weighted by molar-refractivity contribution is -0.142. The molecule has 19 heteroatoms. The summed E-state index contributed by atoms with van der Waals surface area (Å²) in [6.07, 6.45) is 9.43. The molecule has 7 aromatic rings. The molecule has 0 atom stereocenters. The summed E-state index contributed by atoms with van der Waals surface area (Å²) < 4.78 is 66.5. The van der Waals surface area contributed by atoms with Crippen LogP contribution in [0.4, 0.5) is 23.2 Å². The van der Waals surface area contributed by atoms with Gasteiger partial charge in [0.25, 0.3) is 5.91 Å². The highest BCUT2D eigenvalue weighted by Crippen LogP contribution is 2.42. The molecule has 0 saturated heterocycles. The fraction of sp³-hybridized carbons (Fsp3) is 0.125. The number of nitrogens with zero attached hydrogens (tertiary/aromatic N) is 3. The first-order valence-electron chi connectivity index (χ1n) is 23.5. The molecule has 8 bridgehead atoms. The number of nitrogens with one attached hydrogen (secondary N) is 4. The van der Waals surface area contributed by atoms with Crippen LogP contribution in [0.3, 0.4) is 0 Å². The highest BCUT2D eigenvalue weighted by molar-refractivity contribution is 8.76. The van der Waals surface area contributed by atoms with Crippen molar-refractivity contribution >= 4 is 91.4 Å². The van der Waals surface area contributed by atoms with Gasteiger partial charge >= 0.3 is 0 Å². The van der Waals surface area contributed by atoms with E-state index in [9.17, 15) is 29.7 Å². The van der Waals surface area contributed by atoms with Crippen molar-refractivity contribution in [1.82, 2.24) is 30.2 Å². The lowest BCUT2D eigenvalue weighted by atomic mass is 10.0. The van der Waals surface area contributed by atoms with Crippen LogP contribution in [0.2, 0.25) is 0 Å². The fourth-order valence-corrected chi connectivity index (χ4v) is 10.9. The average Bonchev–Trinajstić information content (AvgIpc) is 4.25. The number of hydrogen-bond acceptors (Lipinski definition) is 11. The number of hydrogen-bond donors (Lipinski definition) is 7. The minimum atomic E-state index is -1.69. The van der Waals surface area contributed by atoms with E-state index in [1.54, 1.807) is 72.8 Å². The predicted octanol–water partition coefficient (Wildman–Crippen LogP) is 11.6. The number of carbonyl (C=O) groups excluding carboxylic acids is 3. The van der Waals surface area contributed by atoms with Crippen LogP contribution >= 0.6 is 21.6 Å². The van der Waals surface area contributed by atoms with Crippen molar-refractivity contribution in [3.8, 4) is 61.8 Å². The number of aromatic hydroxyl groups is 3. The number of aromatic nitrogens is 4. The number of rotatable bonds is 15. The summed E-state index contributed by atoms with van der Waals surface area (Å²) >= 11 is 0. The van der Waals surface area contributed by atoms with Crippen molar-refractivity contribution in [3.05, 3.63) is 155 Å². The summed E-state index contributed by atoms with van der Waals surface area (Å²) in [7, 11) is 2.63. The first-order valence-corrected chi connectivity index (χ1v) is 26.0. The maximum atomic E-state index is 16.9. The van der Waals surface area contributed by atoms with Crippen molar-refractivity contribution in [2.45, 2.75) is 12.8 Å². The van der Waals surface area contributed by atoms with Gasteiger partial charge in [0, 0.05) is 94.4 Å². The Kier molecular flexibility index (Phi) is 14.3. The molecular formula is C56H43F4N7O6S2. The molecule has 13 nitrogen and oxygen atoms in total. The minimum Gasteiger partial charge on any atom is -0.508 e. The second-order valence-corrected chi connectivity index (χ2v) is 20.0. The summed E-state index contributed by atoms with van der Waals surface area (Å²) in [5.41, 5.74) is 3.31. The smallest absolute Gasteiger partial charge is 0.252 e. The number of H-pyrrole nitrogens is 2. The molecule has 4 aromatic carbocycles. The lowest BCUT2D eigenvalue weighted by Gasteiger charge is -2.21. The standard InChI is InChI=1S/C56H43F4N7O6S2/c57-52-51(53(58)55(60)56(54(52)59)62-23-26-75-74-25-22-61-44(71)21-24-67-45(72)11-4-12-46(67)73)50-42-19-17-40(65-42)48(31-6-2-9-34(69)28-31)38-15-13-36(63-38)47(30-5-1-8-33(68)27-30)37-14-16-39(64-37)49(41-18-20-43(50)66-41)32-7-3-10-35(70)29-32/h1-11,13-20,27-29,62-63,66,68-70H,12,21-26H2,(H,61,71). The highest BCUT2D eigenvalue weighted by Gasteiger charge is 2.30. The van der Waals surface area contributed by atoms with E-state index in [0.29, 0.717) is 67.1 Å². The maximum Gasteiger partial charge on any atom is 0.252 e. The van der Waals surface area contributed by atoms with Crippen molar-refractivity contribution in [3.63, 3.8) is 0 Å². The number of phenolic OH excluding ortho intramolecular Hbond substituents is 3. The van der Waals surface area contributed by atoms with Crippen molar-refractivity contribution in [1.29, 1.82) is 0 Å². The number of halogens is 4. The summed E-state index contributed by atoms with van der Waals surface area (Å²) in [6, 6.07) is 26.3. The second kappa shape index (κ2) is 21.5. The first kappa shape index (κ1) is 50.0.